The van der Waals surface area contributed by atoms with E-state index in [0.717, 1.165) is 19.3 Å². The molecule has 30 heavy (non-hydrogen) atoms. The van der Waals surface area contributed by atoms with E-state index in [1.807, 2.05) is 0 Å². The van der Waals surface area contributed by atoms with Gasteiger partial charge in [0.25, 0.3) is 11.8 Å². The number of carbonyl (C=O) groups is 3. The van der Waals surface area contributed by atoms with Crippen LogP contribution in [-0.2, 0) is 19.6 Å². The predicted molar refractivity (Wildman–Crippen MR) is 108 cm³/mol. The summed E-state index contributed by atoms with van der Waals surface area (Å²) in [6.07, 6.45) is 2.50. The fraction of sp³-hybridized carbons (Fsp3) is 0.286. The smallest absolute Gasteiger partial charge is 0.340 e. The Morgan fingerprint density at radius 2 is 1.53 bits per heavy atom. The second-order valence-corrected chi connectivity index (χ2v) is 8.69. The van der Waals surface area contributed by atoms with Gasteiger partial charge in [-0.15, -0.1) is 0 Å². The van der Waals surface area contributed by atoms with Gasteiger partial charge in [0, 0.05) is 18.7 Å². The number of hydrogen-bond acceptors (Lipinski definition) is 6. The number of benzene rings is 2. The molecule has 0 atom stereocenters. The van der Waals surface area contributed by atoms with Gasteiger partial charge in [-0.25, -0.2) is 13.2 Å². The van der Waals surface area contributed by atoms with Gasteiger partial charge in [-0.2, -0.15) is 4.31 Å². The first-order valence-corrected chi connectivity index (χ1v) is 11.0. The first-order chi connectivity index (χ1) is 14.4. The molecule has 1 saturated heterocycles. The Kier molecular flexibility index (Phi) is 6.96. The van der Waals surface area contributed by atoms with Crippen LogP contribution in [0.5, 0.6) is 0 Å². The maximum atomic E-state index is 12.9. The Labute approximate surface area is 174 Å². The summed E-state index contributed by atoms with van der Waals surface area (Å²) in [4.78, 5) is 36.3. The molecule has 2 aromatic rings. The Morgan fingerprint density at radius 3 is 2.23 bits per heavy atom. The highest BCUT2D eigenvalue weighted by molar-refractivity contribution is 7.89. The van der Waals surface area contributed by atoms with Crippen molar-refractivity contribution < 1.29 is 27.5 Å². The highest BCUT2D eigenvalue weighted by atomic mass is 32.2. The molecule has 0 spiro atoms. The van der Waals surface area contributed by atoms with Crippen LogP contribution in [0.15, 0.2) is 59.5 Å². The molecule has 0 aromatic heterocycles. The average Bonchev–Trinajstić information content (AvgIpc) is 2.78. The topological polar surface area (TPSA) is 110 Å². The molecule has 1 fully saturated rings. The van der Waals surface area contributed by atoms with Crippen LogP contribution in [0.2, 0.25) is 0 Å². The van der Waals surface area contributed by atoms with Crippen molar-refractivity contribution in [3.63, 3.8) is 0 Å². The summed E-state index contributed by atoms with van der Waals surface area (Å²) in [7, 11) is -3.85. The maximum absolute atomic E-state index is 12.9. The molecule has 0 unspecified atom stereocenters. The number of nitrogens with zero attached hydrogens (tertiary/aromatic N) is 1. The van der Waals surface area contributed by atoms with Crippen molar-refractivity contribution in [2.24, 2.45) is 0 Å². The summed E-state index contributed by atoms with van der Waals surface area (Å²) in [5, 5.41) is 2.12. The molecular formula is C21H22N2O6S. The minimum absolute atomic E-state index is 0.148. The van der Waals surface area contributed by atoms with E-state index in [0.29, 0.717) is 13.1 Å². The zero-order valence-corrected chi connectivity index (χ0v) is 17.1. The lowest BCUT2D eigenvalue weighted by molar-refractivity contribution is -0.123. The van der Waals surface area contributed by atoms with Gasteiger partial charge in [-0.1, -0.05) is 36.8 Å². The van der Waals surface area contributed by atoms with Crippen molar-refractivity contribution in [2.75, 3.05) is 19.7 Å². The minimum atomic E-state index is -3.85. The molecule has 2 aromatic carbocycles. The largest absolute Gasteiger partial charge is 0.452 e. The fourth-order valence-corrected chi connectivity index (χ4v) is 4.83. The standard InChI is InChI=1S/C21H22N2O6S/c24-19(22-20(25)16-9-3-1-4-10-16)15-29-21(26)17-11-5-6-12-18(17)30(27,28)23-13-7-2-8-14-23/h1,3-6,9-12H,2,7-8,13-15H2,(H,22,24,25). The normalized spacial score (nSPS) is 14.7. The second kappa shape index (κ2) is 9.64. The number of esters is 1. The molecule has 8 nitrogen and oxygen atoms in total. The molecule has 1 aliphatic rings. The molecule has 0 aliphatic carbocycles. The molecule has 1 N–H and O–H groups in total. The van der Waals surface area contributed by atoms with Crippen LogP contribution >= 0.6 is 0 Å². The molecule has 1 heterocycles. The number of sulfonamides is 1. The third kappa shape index (κ3) is 5.11. The van der Waals surface area contributed by atoms with E-state index in [1.165, 1.54) is 40.7 Å². The lowest BCUT2D eigenvalue weighted by Crippen LogP contribution is -2.36. The average molecular weight is 430 g/mol. The van der Waals surface area contributed by atoms with E-state index < -0.39 is 34.4 Å². The van der Waals surface area contributed by atoms with E-state index >= 15 is 0 Å². The van der Waals surface area contributed by atoms with Crippen molar-refractivity contribution in [2.45, 2.75) is 24.2 Å². The van der Waals surface area contributed by atoms with E-state index in [-0.39, 0.29) is 16.0 Å². The Morgan fingerprint density at radius 1 is 0.900 bits per heavy atom. The number of piperidine rings is 1. The lowest BCUT2D eigenvalue weighted by atomic mass is 10.2. The monoisotopic (exact) mass is 430 g/mol. The zero-order chi connectivity index (χ0) is 21.6. The summed E-state index contributed by atoms with van der Waals surface area (Å²) in [6, 6.07) is 13.8. The minimum Gasteiger partial charge on any atom is -0.452 e. The molecule has 3 rings (SSSR count). The summed E-state index contributed by atoms with van der Waals surface area (Å²) in [5.41, 5.74) is 0.139. The lowest BCUT2D eigenvalue weighted by Gasteiger charge is -2.26. The summed E-state index contributed by atoms with van der Waals surface area (Å²) in [6.45, 7) is 0.0843. The second-order valence-electron chi connectivity index (χ2n) is 6.78. The van der Waals surface area contributed by atoms with Gasteiger partial charge in [0.2, 0.25) is 10.0 Å². The Balaban J connectivity index is 1.66. The van der Waals surface area contributed by atoms with Gasteiger partial charge in [-0.05, 0) is 37.1 Å². The first kappa shape index (κ1) is 21.7. The van der Waals surface area contributed by atoms with E-state index in [4.69, 9.17) is 4.74 Å². The van der Waals surface area contributed by atoms with Crippen LogP contribution in [0, 0.1) is 0 Å². The third-order valence-corrected chi connectivity index (χ3v) is 6.62. The maximum Gasteiger partial charge on any atom is 0.340 e. The van der Waals surface area contributed by atoms with Gasteiger partial charge in [-0.3, -0.25) is 14.9 Å². The number of ether oxygens (including phenoxy) is 1. The molecule has 0 bridgehead atoms. The van der Waals surface area contributed by atoms with Gasteiger partial charge in [0.15, 0.2) is 6.61 Å². The fourth-order valence-electron chi connectivity index (χ4n) is 3.14. The molecule has 2 amide bonds. The number of carbonyl (C=O) groups excluding carboxylic acids is 3. The van der Waals surface area contributed by atoms with Crippen molar-refractivity contribution in [3.05, 3.63) is 65.7 Å². The number of rotatable bonds is 6. The van der Waals surface area contributed by atoms with Gasteiger partial charge in [0.05, 0.1) is 10.5 Å². The molecule has 0 radical (unpaired) electrons. The van der Waals surface area contributed by atoms with Gasteiger partial charge >= 0.3 is 5.97 Å². The van der Waals surface area contributed by atoms with Crippen LogP contribution in [0.1, 0.15) is 40.0 Å². The molecule has 158 valence electrons. The summed E-state index contributed by atoms with van der Waals surface area (Å²) in [5.74, 6) is -2.38. The summed E-state index contributed by atoms with van der Waals surface area (Å²) < 4.78 is 32.2. The quantitative estimate of drug-likeness (QED) is 0.702. The Bertz CT molecular complexity index is 1030. The number of hydrogen-bond donors (Lipinski definition) is 1. The SMILES string of the molecule is O=C(COC(=O)c1ccccc1S(=O)(=O)N1CCCCC1)NC(=O)c1ccccc1. The first-order valence-electron chi connectivity index (χ1n) is 9.55. The third-order valence-electron chi connectivity index (χ3n) is 4.66. The van der Waals surface area contributed by atoms with Crippen molar-refractivity contribution in [3.8, 4) is 0 Å². The highest BCUT2D eigenvalue weighted by Gasteiger charge is 2.30. The van der Waals surface area contributed by atoms with Crippen LogP contribution < -0.4 is 5.32 Å². The zero-order valence-electron chi connectivity index (χ0n) is 16.2. The van der Waals surface area contributed by atoms with Crippen molar-refractivity contribution in [1.82, 2.24) is 9.62 Å². The number of amides is 2. The predicted octanol–water partition coefficient (Wildman–Crippen LogP) is 1.97. The molecule has 1 aliphatic heterocycles. The molecular weight excluding hydrogens is 408 g/mol. The van der Waals surface area contributed by atoms with Crippen LogP contribution in [0.3, 0.4) is 0 Å². The van der Waals surface area contributed by atoms with Gasteiger partial charge in [0.1, 0.15) is 0 Å². The summed E-state index contributed by atoms with van der Waals surface area (Å²) >= 11 is 0. The van der Waals surface area contributed by atoms with E-state index in [9.17, 15) is 22.8 Å². The van der Waals surface area contributed by atoms with E-state index in [2.05, 4.69) is 5.32 Å². The number of nitrogens with one attached hydrogen (secondary N) is 1. The Hall–Kier alpha value is -3.04. The number of imide groups is 1. The van der Waals surface area contributed by atoms with Crippen LogP contribution in [-0.4, -0.2) is 50.2 Å². The molecule has 9 heteroatoms. The van der Waals surface area contributed by atoms with Crippen molar-refractivity contribution in [1.29, 1.82) is 0 Å². The van der Waals surface area contributed by atoms with Crippen LogP contribution in [0.25, 0.3) is 0 Å². The van der Waals surface area contributed by atoms with Crippen molar-refractivity contribution >= 4 is 27.8 Å². The van der Waals surface area contributed by atoms with E-state index in [1.54, 1.807) is 18.2 Å². The molecule has 0 saturated carbocycles. The van der Waals surface area contributed by atoms with Crippen LogP contribution in [0.4, 0.5) is 0 Å². The van der Waals surface area contributed by atoms with Gasteiger partial charge < -0.3 is 4.74 Å². The highest BCUT2D eigenvalue weighted by Crippen LogP contribution is 2.24.